The molecule has 0 radical (unpaired) electrons. The highest BCUT2D eigenvalue weighted by Crippen LogP contribution is 2.22. The summed E-state index contributed by atoms with van der Waals surface area (Å²) in [6.45, 7) is 0. The molecule has 0 unspecified atom stereocenters. The summed E-state index contributed by atoms with van der Waals surface area (Å²) in [6.07, 6.45) is 1.41. The van der Waals surface area contributed by atoms with Crippen LogP contribution in [0.2, 0.25) is 10.3 Å². The lowest BCUT2D eigenvalue weighted by Gasteiger charge is -2.06. The fourth-order valence-corrected chi connectivity index (χ4v) is 1.35. The van der Waals surface area contributed by atoms with Crippen molar-refractivity contribution in [3.63, 3.8) is 0 Å². The van der Waals surface area contributed by atoms with E-state index in [2.05, 4.69) is 20.3 Å². The van der Waals surface area contributed by atoms with Crippen molar-refractivity contribution in [3.05, 3.63) is 34.7 Å². The van der Waals surface area contributed by atoms with Crippen LogP contribution < -0.4 is 11.1 Å². The number of hydrogen-bond donors (Lipinski definition) is 2. The number of halogens is 2. The molecule has 2 heterocycles. The van der Waals surface area contributed by atoms with E-state index in [0.717, 1.165) is 0 Å². The first-order valence-electron chi connectivity index (χ1n) is 4.33. The monoisotopic (exact) mass is 255 g/mol. The van der Waals surface area contributed by atoms with Crippen LogP contribution in [0.1, 0.15) is 0 Å². The van der Waals surface area contributed by atoms with E-state index in [0.29, 0.717) is 22.5 Å². The number of nitrogens with one attached hydrogen (secondary N) is 1. The summed E-state index contributed by atoms with van der Waals surface area (Å²) >= 11 is 11.5. The Hall–Kier alpha value is -1.59. The van der Waals surface area contributed by atoms with Crippen molar-refractivity contribution in [3.8, 4) is 0 Å². The van der Waals surface area contributed by atoms with E-state index < -0.39 is 0 Å². The molecule has 16 heavy (non-hydrogen) atoms. The molecule has 82 valence electrons. The Morgan fingerprint density at radius 2 is 2.00 bits per heavy atom. The van der Waals surface area contributed by atoms with Crippen molar-refractivity contribution >= 4 is 40.7 Å². The molecule has 0 saturated carbocycles. The van der Waals surface area contributed by atoms with Gasteiger partial charge in [-0.2, -0.15) is 4.98 Å². The summed E-state index contributed by atoms with van der Waals surface area (Å²) in [7, 11) is 0. The van der Waals surface area contributed by atoms with Crippen molar-refractivity contribution in [2.75, 3.05) is 11.1 Å². The summed E-state index contributed by atoms with van der Waals surface area (Å²) in [4.78, 5) is 11.7. The summed E-state index contributed by atoms with van der Waals surface area (Å²) in [5, 5.41) is 3.36. The van der Waals surface area contributed by atoms with Gasteiger partial charge in [0.25, 0.3) is 0 Å². The third kappa shape index (κ3) is 2.50. The van der Waals surface area contributed by atoms with Crippen LogP contribution >= 0.6 is 23.2 Å². The van der Waals surface area contributed by atoms with E-state index in [4.69, 9.17) is 28.9 Å². The van der Waals surface area contributed by atoms with Gasteiger partial charge in [-0.05, 0) is 23.7 Å². The number of anilines is 3. The molecular weight excluding hydrogens is 249 g/mol. The van der Waals surface area contributed by atoms with Gasteiger partial charge >= 0.3 is 0 Å². The molecule has 0 amide bonds. The molecule has 0 aromatic carbocycles. The normalized spacial score (nSPS) is 10.1. The van der Waals surface area contributed by atoms with Gasteiger partial charge in [0, 0.05) is 0 Å². The number of rotatable bonds is 2. The molecule has 0 fully saturated rings. The predicted molar refractivity (Wildman–Crippen MR) is 64.0 cm³/mol. The predicted octanol–water partition coefficient (Wildman–Crippen LogP) is 2.50. The topological polar surface area (TPSA) is 76.7 Å². The number of hydrogen-bond acceptors (Lipinski definition) is 5. The second-order valence-electron chi connectivity index (χ2n) is 2.91. The first-order chi connectivity index (χ1) is 7.65. The smallest absolute Gasteiger partial charge is 0.224 e. The average Bonchev–Trinajstić information content (AvgIpc) is 2.24. The Morgan fingerprint density at radius 3 is 2.75 bits per heavy atom. The van der Waals surface area contributed by atoms with E-state index in [1.165, 1.54) is 6.20 Å². The van der Waals surface area contributed by atoms with E-state index in [9.17, 15) is 0 Å². The number of nitrogen functional groups attached to an aromatic ring is 1. The Morgan fingerprint density at radius 1 is 1.19 bits per heavy atom. The van der Waals surface area contributed by atoms with Gasteiger partial charge in [-0.3, -0.25) is 0 Å². The molecule has 7 heteroatoms. The minimum absolute atomic E-state index is 0.107. The van der Waals surface area contributed by atoms with E-state index in [-0.39, 0.29) is 5.28 Å². The molecule has 0 aliphatic rings. The van der Waals surface area contributed by atoms with Crippen LogP contribution in [0.5, 0.6) is 0 Å². The number of nitrogens with zero attached hydrogens (tertiary/aromatic N) is 3. The Bertz CT molecular complexity index is 517. The Balaban J connectivity index is 2.30. The summed E-state index contributed by atoms with van der Waals surface area (Å²) in [5.41, 5.74) is 5.54. The molecule has 2 aromatic heterocycles. The SMILES string of the molecule is Nc1cccc(Nc2nc(Cl)ncc2Cl)n1. The van der Waals surface area contributed by atoms with Gasteiger partial charge in [0.05, 0.1) is 6.20 Å². The first-order valence-corrected chi connectivity index (χ1v) is 5.08. The van der Waals surface area contributed by atoms with Crippen molar-refractivity contribution < 1.29 is 0 Å². The van der Waals surface area contributed by atoms with Crippen LogP contribution in [0.3, 0.4) is 0 Å². The zero-order chi connectivity index (χ0) is 11.5. The number of pyridine rings is 1. The molecule has 0 saturated heterocycles. The van der Waals surface area contributed by atoms with Crippen molar-refractivity contribution in [1.29, 1.82) is 0 Å². The zero-order valence-corrected chi connectivity index (χ0v) is 9.50. The van der Waals surface area contributed by atoms with Crippen LogP contribution in [-0.2, 0) is 0 Å². The van der Waals surface area contributed by atoms with Crippen LogP contribution in [0, 0.1) is 0 Å². The van der Waals surface area contributed by atoms with Gasteiger partial charge in [0.1, 0.15) is 16.7 Å². The van der Waals surface area contributed by atoms with Gasteiger partial charge in [0.2, 0.25) is 5.28 Å². The van der Waals surface area contributed by atoms with Gasteiger partial charge in [-0.1, -0.05) is 17.7 Å². The first kappa shape index (κ1) is 10.9. The largest absolute Gasteiger partial charge is 0.384 e. The molecule has 2 rings (SSSR count). The van der Waals surface area contributed by atoms with Gasteiger partial charge < -0.3 is 11.1 Å². The highest BCUT2D eigenvalue weighted by molar-refractivity contribution is 6.33. The maximum Gasteiger partial charge on any atom is 0.224 e. The summed E-state index contributed by atoms with van der Waals surface area (Å²) < 4.78 is 0. The standard InChI is InChI=1S/C9H7Cl2N5/c10-5-4-13-9(11)16-8(5)15-7-3-1-2-6(12)14-7/h1-4H,(H3,12,13,14,15,16). The van der Waals surface area contributed by atoms with Crippen molar-refractivity contribution in [2.24, 2.45) is 0 Å². The lowest BCUT2D eigenvalue weighted by Crippen LogP contribution is -1.99. The fraction of sp³-hybridized carbons (Fsp3) is 0. The third-order valence-electron chi connectivity index (χ3n) is 1.73. The Labute approximate surface area is 102 Å². The van der Waals surface area contributed by atoms with Crippen molar-refractivity contribution in [1.82, 2.24) is 15.0 Å². The van der Waals surface area contributed by atoms with E-state index >= 15 is 0 Å². The second kappa shape index (κ2) is 4.51. The quantitative estimate of drug-likeness (QED) is 0.807. The maximum atomic E-state index is 5.88. The molecule has 5 nitrogen and oxygen atoms in total. The molecule has 0 atom stereocenters. The van der Waals surface area contributed by atoms with E-state index in [1.54, 1.807) is 18.2 Å². The second-order valence-corrected chi connectivity index (χ2v) is 3.65. The highest BCUT2D eigenvalue weighted by Gasteiger charge is 2.05. The molecular formula is C9H7Cl2N5. The zero-order valence-electron chi connectivity index (χ0n) is 7.98. The lowest BCUT2D eigenvalue weighted by atomic mass is 10.4. The molecule has 3 N–H and O–H groups in total. The highest BCUT2D eigenvalue weighted by atomic mass is 35.5. The molecule has 2 aromatic rings. The number of nitrogens with two attached hydrogens (primary N) is 1. The van der Waals surface area contributed by atoms with Crippen LogP contribution in [0.15, 0.2) is 24.4 Å². The summed E-state index contributed by atoms with van der Waals surface area (Å²) in [6, 6.07) is 5.18. The molecule has 0 bridgehead atoms. The molecule has 0 spiro atoms. The van der Waals surface area contributed by atoms with Crippen LogP contribution in [0.4, 0.5) is 17.5 Å². The van der Waals surface area contributed by atoms with Gasteiger partial charge in [-0.15, -0.1) is 0 Å². The molecule has 0 aliphatic carbocycles. The summed E-state index contributed by atoms with van der Waals surface area (Å²) in [5.74, 6) is 1.33. The van der Waals surface area contributed by atoms with Crippen LogP contribution in [-0.4, -0.2) is 15.0 Å². The third-order valence-corrected chi connectivity index (χ3v) is 2.19. The van der Waals surface area contributed by atoms with Gasteiger partial charge in [0.15, 0.2) is 5.82 Å². The van der Waals surface area contributed by atoms with Crippen molar-refractivity contribution in [2.45, 2.75) is 0 Å². The number of aromatic nitrogens is 3. The minimum atomic E-state index is 0.107. The van der Waals surface area contributed by atoms with Gasteiger partial charge in [-0.25, -0.2) is 9.97 Å². The fourth-order valence-electron chi connectivity index (χ4n) is 1.08. The minimum Gasteiger partial charge on any atom is -0.384 e. The Kier molecular flexibility index (Phi) is 3.07. The average molecular weight is 256 g/mol. The molecule has 0 aliphatic heterocycles. The van der Waals surface area contributed by atoms with E-state index in [1.807, 2.05) is 0 Å². The maximum absolute atomic E-state index is 5.88. The lowest BCUT2D eigenvalue weighted by molar-refractivity contribution is 1.16. The van der Waals surface area contributed by atoms with Crippen LogP contribution in [0.25, 0.3) is 0 Å².